The molecule has 0 fully saturated rings. The minimum absolute atomic E-state index is 0.625. The molecule has 0 unspecified atom stereocenters. The highest BCUT2D eigenvalue weighted by atomic mass is 16.5. The number of rotatable bonds is 6. The molecule has 0 saturated heterocycles. The molecular weight excluding hydrogens is 252 g/mol. The van der Waals surface area contributed by atoms with Crippen molar-refractivity contribution in [1.29, 1.82) is 0 Å². The van der Waals surface area contributed by atoms with Crippen LogP contribution in [0, 0.1) is 0 Å². The molecule has 1 heterocycles. The number of nitrogens with one attached hydrogen (secondary N) is 1. The summed E-state index contributed by atoms with van der Waals surface area (Å²) in [5.74, 6) is 2.19. The van der Waals surface area contributed by atoms with E-state index in [1.807, 2.05) is 37.4 Å². The average Bonchev–Trinajstić information content (AvgIpc) is 2.48. The maximum atomic E-state index is 5.81. The zero-order valence-corrected chi connectivity index (χ0v) is 12.1. The molecule has 1 aromatic heterocycles. The second kappa shape index (κ2) is 6.91. The highest BCUT2D eigenvalue weighted by Gasteiger charge is 2.04. The first kappa shape index (κ1) is 14.3. The Kier molecular flexibility index (Phi) is 4.96. The molecule has 0 aliphatic heterocycles. The van der Waals surface area contributed by atoms with Gasteiger partial charge in [-0.3, -0.25) is 0 Å². The molecule has 1 N–H and O–H groups in total. The van der Waals surface area contributed by atoms with Crippen molar-refractivity contribution < 1.29 is 9.47 Å². The van der Waals surface area contributed by atoms with Gasteiger partial charge in [0.25, 0.3) is 0 Å². The van der Waals surface area contributed by atoms with E-state index in [9.17, 15) is 0 Å². The summed E-state index contributed by atoms with van der Waals surface area (Å²) >= 11 is 0. The fraction of sp³-hybridized carbons (Fsp3) is 0.312. The first-order chi connectivity index (χ1) is 9.75. The van der Waals surface area contributed by atoms with Crippen molar-refractivity contribution in [3.8, 4) is 17.4 Å². The molecule has 2 aromatic rings. The quantitative estimate of drug-likeness (QED) is 0.877. The number of methoxy groups -OCH3 is 1. The van der Waals surface area contributed by atoms with Crippen LogP contribution in [0.1, 0.15) is 18.2 Å². The SMILES string of the molecule is CCc1cc(CNC)cc(Oc2ccc(OC)cc2)n1. The van der Waals surface area contributed by atoms with E-state index in [1.54, 1.807) is 7.11 Å². The van der Waals surface area contributed by atoms with E-state index < -0.39 is 0 Å². The maximum Gasteiger partial charge on any atom is 0.219 e. The topological polar surface area (TPSA) is 43.4 Å². The van der Waals surface area contributed by atoms with E-state index in [0.29, 0.717) is 5.88 Å². The third kappa shape index (κ3) is 3.71. The normalized spacial score (nSPS) is 10.3. The Labute approximate surface area is 119 Å². The van der Waals surface area contributed by atoms with Gasteiger partial charge >= 0.3 is 0 Å². The van der Waals surface area contributed by atoms with Crippen LogP contribution in [0.4, 0.5) is 0 Å². The van der Waals surface area contributed by atoms with Gasteiger partial charge in [-0.05, 0) is 49.4 Å². The van der Waals surface area contributed by atoms with Gasteiger partial charge in [0.15, 0.2) is 0 Å². The van der Waals surface area contributed by atoms with E-state index in [0.717, 1.165) is 30.2 Å². The van der Waals surface area contributed by atoms with E-state index in [1.165, 1.54) is 5.56 Å². The van der Waals surface area contributed by atoms with Crippen LogP contribution in [-0.4, -0.2) is 19.1 Å². The first-order valence-corrected chi connectivity index (χ1v) is 6.71. The van der Waals surface area contributed by atoms with E-state index >= 15 is 0 Å². The molecule has 0 aliphatic carbocycles. The lowest BCUT2D eigenvalue weighted by Crippen LogP contribution is -2.06. The highest BCUT2D eigenvalue weighted by Crippen LogP contribution is 2.23. The van der Waals surface area contributed by atoms with Gasteiger partial charge in [0.1, 0.15) is 11.5 Å². The molecule has 0 aliphatic rings. The number of ether oxygens (including phenoxy) is 2. The monoisotopic (exact) mass is 272 g/mol. The van der Waals surface area contributed by atoms with Gasteiger partial charge in [-0.25, -0.2) is 4.98 Å². The fourth-order valence-corrected chi connectivity index (χ4v) is 1.92. The van der Waals surface area contributed by atoms with Gasteiger partial charge in [-0.2, -0.15) is 0 Å². The Bertz CT molecular complexity index is 553. The lowest BCUT2D eigenvalue weighted by molar-refractivity contribution is 0.412. The van der Waals surface area contributed by atoms with Crippen LogP contribution < -0.4 is 14.8 Å². The van der Waals surface area contributed by atoms with Crippen molar-refractivity contribution in [2.45, 2.75) is 19.9 Å². The summed E-state index contributed by atoms with van der Waals surface area (Å²) < 4.78 is 10.9. The van der Waals surface area contributed by atoms with Gasteiger partial charge in [-0.1, -0.05) is 6.92 Å². The largest absolute Gasteiger partial charge is 0.497 e. The molecule has 0 bridgehead atoms. The molecule has 0 spiro atoms. The third-order valence-corrected chi connectivity index (χ3v) is 2.94. The molecule has 0 amide bonds. The molecule has 4 nitrogen and oxygen atoms in total. The molecule has 1 aromatic carbocycles. The number of nitrogens with zero attached hydrogens (tertiary/aromatic N) is 1. The second-order valence-corrected chi connectivity index (χ2v) is 4.47. The summed E-state index contributed by atoms with van der Waals surface area (Å²) in [6.07, 6.45) is 0.885. The zero-order chi connectivity index (χ0) is 14.4. The standard InChI is InChI=1S/C16H20N2O2/c1-4-13-9-12(11-17-2)10-16(18-13)20-15-7-5-14(19-3)6-8-15/h5-10,17H,4,11H2,1-3H3. The van der Waals surface area contributed by atoms with E-state index in [-0.39, 0.29) is 0 Å². The minimum Gasteiger partial charge on any atom is -0.497 e. The summed E-state index contributed by atoms with van der Waals surface area (Å²) in [7, 11) is 3.57. The summed E-state index contributed by atoms with van der Waals surface area (Å²) in [5, 5.41) is 3.14. The molecule has 4 heteroatoms. The predicted molar refractivity (Wildman–Crippen MR) is 79.4 cm³/mol. The zero-order valence-electron chi connectivity index (χ0n) is 12.1. The summed E-state index contributed by atoms with van der Waals surface area (Å²) in [5.41, 5.74) is 2.20. The smallest absolute Gasteiger partial charge is 0.219 e. The van der Waals surface area contributed by atoms with Gasteiger partial charge in [-0.15, -0.1) is 0 Å². The number of aryl methyl sites for hydroxylation is 1. The van der Waals surface area contributed by atoms with Crippen molar-refractivity contribution in [2.75, 3.05) is 14.2 Å². The molecule has 2 rings (SSSR count). The Morgan fingerprint density at radius 3 is 2.40 bits per heavy atom. The maximum absolute atomic E-state index is 5.81. The average molecular weight is 272 g/mol. The number of benzene rings is 1. The van der Waals surface area contributed by atoms with Crippen molar-refractivity contribution in [3.63, 3.8) is 0 Å². The van der Waals surface area contributed by atoms with Crippen LogP contribution in [-0.2, 0) is 13.0 Å². The molecule has 0 radical (unpaired) electrons. The first-order valence-electron chi connectivity index (χ1n) is 6.71. The Morgan fingerprint density at radius 1 is 1.10 bits per heavy atom. The van der Waals surface area contributed by atoms with Crippen LogP contribution in [0.2, 0.25) is 0 Å². The van der Waals surface area contributed by atoms with Crippen LogP contribution in [0.15, 0.2) is 36.4 Å². The Morgan fingerprint density at radius 2 is 1.80 bits per heavy atom. The third-order valence-electron chi connectivity index (χ3n) is 2.94. The lowest BCUT2D eigenvalue weighted by atomic mass is 10.2. The van der Waals surface area contributed by atoms with E-state index in [2.05, 4.69) is 23.3 Å². The predicted octanol–water partition coefficient (Wildman–Crippen LogP) is 3.16. The number of hydrogen-bond acceptors (Lipinski definition) is 4. The number of aromatic nitrogens is 1. The molecule has 0 saturated carbocycles. The summed E-state index contributed by atoms with van der Waals surface area (Å²) in [4.78, 5) is 4.49. The van der Waals surface area contributed by atoms with Gasteiger partial charge in [0, 0.05) is 18.3 Å². The van der Waals surface area contributed by atoms with Gasteiger partial charge in [0.05, 0.1) is 7.11 Å². The molecule has 106 valence electrons. The van der Waals surface area contributed by atoms with E-state index in [4.69, 9.17) is 9.47 Å². The van der Waals surface area contributed by atoms with Crippen molar-refractivity contribution >= 4 is 0 Å². The lowest BCUT2D eigenvalue weighted by Gasteiger charge is -2.09. The number of pyridine rings is 1. The fourth-order valence-electron chi connectivity index (χ4n) is 1.92. The van der Waals surface area contributed by atoms with Crippen molar-refractivity contribution in [3.05, 3.63) is 47.7 Å². The summed E-state index contributed by atoms with van der Waals surface area (Å²) in [6, 6.07) is 11.5. The van der Waals surface area contributed by atoms with Gasteiger partial charge < -0.3 is 14.8 Å². The molecular formula is C16H20N2O2. The van der Waals surface area contributed by atoms with Crippen LogP contribution in [0.3, 0.4) is 0 Å². The molecule has 20 heavy (non-hydrogen) atoms. The highest BCUT2D eigenvalue weighted by molar-refractivity contribution is 5.35. The summed E-state index contributed by atoms with van der Waals surface area (Å²) in [6.45, 7) is 2.89. The Balaban J connectivity index is 2.20. The number of hydrogen-bond donors (Lipinski definition) is 1. The minimum atomic E-state index is 0.625. The van der Waals surface area contributed by atoms with Crippen LogP contribution in [0.5, 0.6) is 17.4 Å². The van der Waals surface area contributed by atoms with Gasteiger partial charge in [0.2, 0.25) is 5.88 Å². The van der Waals surface area contributed by atoms with Crippen LogP contribution >= 0.6 is 0 Å². The Hall–Kier alpha value is -2.07. The van der Waals surface area contributed by atoms with Crippen molar-refractivity contribution in [2.24, 2.45) is 0 Å². The second-order valence-electron chi connectivity index (χ2n) is 4.47. The van der Waals surface area contributed by atoms with Crippen LogP contribution in [0.25, 0.3) is 0 Å². The van der Waals surface area contributed by atoms with Crippen molar-refractivity contribution in [1.82, 2.24) is 10.3 Å². The molecule has 0 atom stereocenters.